The number of thiophene rings is 1. The van der Waals surface area contributed by atoms with Crippen molar-refractivity contribution in [1.82, 2.24) is 4.72 Å². The lowest BCUT2D eigenvalue weighted by molar-refractivity contribution is 0.422. The summed E-state index contributed by atoms with van der Waals surface area (Å²) in [5.74, 6) is 0. The molecular weight excluding hydrogens is 402 g/mol. The van der Waals surface area contributed by atoms with E-state index < -0.39 is 10.0 Å². The molecule has 18 heavy (non-hydrogen) atoms. The Hall–Kier alpha value is 0.570. The topological polar surface area (TPSA) is 46.2 Å². The highest BCUT2D eigenvalue weighted by atomic mass is 79.9. The maximum absolute atomic E-state index is 12.3. The molecule has 0 aliphatic heterocycles. The molecule has 0 saturated heterocycles. The van der Waals surface area contributed by atoms with Crippen LogP contribution >= 0.6 is 43.2 Å². The van der Waals surface area contributed by atoms with Crippen LogP contribution in [0.5, 0.6) is 0 Å². The Morgan fingerprint density at radius 1 is 1.33 bits per heavy atom. The average molecular weight is 417 g/mol. The van der Waals surface area contributed by atoms with Crippen molar-refractivity contribution in [2.45, 2.75) is 48.4 Å². The minimum atomic E-state index is -3.37. The average Bonchev–Trinajstić information content (AvgIpc) is 2.62. The van der Waals surface area contributed by atoms with Gasteiger partial charge >= 0.3 is 0 Å². The molecule has 0 radical (unpaired) electrons. The fourth-order valence-electron chi connectivity index (χ4n) is 2.15. The Morgan fingerprint density at radius 3 is 2.44 bits per heavy atom. The van der Waals surface area contributed by atoms with E-state index in [4.69, 9.17) is 0 Å². The fourth-order valence-corrected chi connectivity index (χ4v) is 6.40. The van der Waals surface area contributed by atoms with Crippen LogP contribution in [-0.2, 0) is 10.0 Å². The van der Waals surface area contributed by atoms with Gasteiger partial charge in [0.15, 0.2) is 0 Å². The standard InChI is InChI=1S/C11H15Br2NO2S2/c1-7-10(6-11(13)17-7)18(15,16)14-9-4-2-8(12)3-5-9/h6,8-9,14H,2-5H2,1H3. The second-order valence-electron chi connectivity index (χ2n) is 4.54. The molecule has 0 unspecified atom stereocenters. The van der Waals surface area contributed by atoms with Crippen LogP contribution in [0.4, 0.5) is 0 Å². The van der Waals surface area contributed by atoms with Crippen LogP contribution in [0.2, 0.25) is 0 Å². The van der Waals surface area contributed by atoms with Gasteiger partial charge in [-0.3, -0.25) is 0 Å². The molecule has 0 spiro atoms. The van der Waals surface area contributed by atoms with Crippen molar-refractivity contribution in [1.29, 1.82) is 0 Å². The van der Waals surface area contributed by atoms with Gasteiger partial charge in [-0.1, -0.05) is 15.9 Å². The molecule has 1 fully saturated rings. The minimum absolute atomic E-state index is 0.0712. The molecule has 7 heteroatoms. The van der Waals surface area contributed by atoms with Crippen LogP contribution in [-0.4, -0.2) is 19.3 Å². The van der Waals surface area contributed by atoms with Crippen LogP contribution in [0.25, 0.3) is 0 Å². The number of aryl methyl sites for hydroxylation is 1. The van der Waals surface area contributed by atoms with Crippen molar-refractivity contribution in [3.8, 4) is 0 Å². The summed E-state index contributed by atoms with van der Waals surface area (Å²) in [5, 5.41) is 0. The first-order valence-electron chi connectivity index (χ1n) is 5.81. The Bertz CT molecular complexity index is 519. The summed E-state index contributed by atoms with van der Waals surface area (Å²) >= 11 is 8.35. The maximum Gasteiger partial charge on any atom is 0.241 e. The molecule has 1 heterocycles. The van der Waals surface area contributed by atoms with Crippen molar-refractivity contribution in [2.75, 3.05) is 0 Å². The zero-order valence-corrected chi connectivity index (χ0v) is 14.8. The molecular formula is C11H15Br2NO2S2. The normalized spacial score (nSPS) is 25.3. The predicted molar refractivity (Wildman–Crippen MR) is 82.0 cm³/mol. The van der Waals surface area contributed by atoms with Gasteiger partial charge in [-0.05, 0) is 54.6 Å². The first-order chi connectivity index (χ1) is 8.38. The third-order valence-corrected chi connectivity index (χ3v) is 7.36. The van der Waals surface area contributed by atoms with E-state index in [9.17, 15) is 8.42 Å². The lowest BCUT2D eigenvalue weighted by atomic mass is 9.96. The SMILES string of the molecule is Cc1sc(Br)cc1S(=O)(=O)NC1CCC(Br)CC1. The summed E-state index contributed by atoms with van der Waals surface area (Å²) in [4.78, 5) is 1.76. The van der Waals surface area contributed by atoms with E-state index in [1.54, 1.807) is 6.07 Å². The number of alkyl halides is 1. The summed E-state index contributed by atoms with van der Waals surface area (Å²) in [6, 6.07) is 1.75. The molecule has 0 bridgehead atoms. The lowest BCUT2D eigenvalue weighted by Gasteiger charge is -2.25. The van der Waals surface area contributed by atoms with E-state index >= 15 is 0 Å². The van der Waals surface area contributed by atoms with Gasteiger partial charge in [0.2, 0.25) is 10.0 Å². The molecule has 1 aromatic heterocycles. The van der Waals surface area contributed by atoms with E-state index in [-0.39, 0.29) is 6.04 Å². The molecule has 2 rings (SSSR count). The minimum Gasteiger partial charge on any atom is -0.208 e. The van der Waals surface area contributed by atoms with Crippen LogP contribution in [0.15, 0.2) is 14.7 Å². The molecule has 1 aliphatic carbocycles. The Morgan fingerprint density at radius 2 is 1.94 bits per heavy atom. The third kappa shape index (κ3) is 3.56. The van der Waals surface area contributed by atoms with Crippen LogP contribution in [0, 0.1) is 6.92 Å². The molecule has 1 aliphatic rings. The van der Waals surface area contributed by atoms with Gasteiger partial charge in [0.05, 0.1) is 8.68 Å². The Balaban J connectivity index is 2.10. The molecule has 1 N–H and O–H groups in total. The first kappa shape index (κ1) is 15.0. The second kappa shape index (κ2) is 5.91. The second-order valence-corrected chi connectivity index (χ2v) is 10.2. The number of nitrogens with one attached hydrogen (secondary N) is 1. The van der Waals surface area contributed by atoms with Gasteiger partial charge in [-0.25, -0.2) is 13.1 Å². The summed E-state index contributed by atoms with van der Waals surface area (Å²) in [6.45, 7) is 1.83. The van der Waals surface area contributed by atoms with Crippen LogP contribution < -0.4 is 4.72 Å². The summed E-state index contributed by atoms with van der Waals surface area (Å²) in [7, 11) is -3.37. The molecule has 0 amide bonds. The van der Waals surface area contributed by atoms with Gasteiger partial charge in [0.1, 0.15) is 0 Å². The van der Waals surface area contributed by atoms with E-state index in [1.165, 1.54) is 11.3 Å². The van der Waals surface area contributed by atoms with Crippen molar-refractivity contribution in [3.63, 3.8) is 0 Å². The summed E-state index contributed by atoms with van der Waals surface area (Å²) < 4.78 is 28.2. The molecule has 0 atom stereocenters. The summed E-state index contributed by atoms with van der Waals surface area (Å²) in [5.41, 5.74) is 0. The number of hydrogen-bond acceptors (Lipinski definition) is 3. The van der Waals surface area contributed by atoms with E-state index in [0.717, 1.165) is 34.3 Å². The van der Waals surface area contributed by atoms with Gasteiger partial charge in [0, 0.05) is 15.7 Å². The highest BCUT2D eigenvalue weighted by Gasteiger charge is 2.26. The lowest BCUT2D eigenvalue weighted by Crippen LogP contribution is -2.37. The van der Waals surface area contributed by atoms with Crippen molar-refractivity contribution < 1.29 is 8.42 Å². The fraction of sp³-hybridized carbons (Fsp3) is 0.636. The van der Waals surface area contributed by atoms with Gasteiger partial charge in [0.25, 0.3) is 0 Å². The van der Waals surface area contributed by atoms with Crippen molar-refractivity contribution in [2.24, 2.45) is 0 Å². The Kier molecular flexibility index (Phi) is 4.91. The van der Waals surface area contributed by atoms with Crippen LogP contribution in [0.1, 0.15) is 30.6 Å². The molecule has 102 valence electrons. The smallest absolute Gasteiger partial charge is 0.208 e. The molecule has 1 aromatic rings. The van der Waals surface area contributed by atoms with Gasteiger partial charge in [-0.2, -0.15) is 0 Å². The van der Waals surface area contributed by atoms with Gasteiger partial charge in [-0.15, -0.1) is 11.3 Å². The predicted octanol–water partition coefficient (Wildman–Crippen LogP) is 3.80. The monoisotopic (exact) mass is 415 g/mol. The molecule has 0 aromatic carbocycles. The first-order valence-corrected chi connectivity index (χ1v) is 9.81. The number of hydrogen-bond donors (Lipinski definition) is 1. The highest BCUT2D eigenvalue weighted by Crippen LogP contribution is 2.31. The molecule has 1 saturated carbocycles. The zero-order chi connectivity index (χ0) is 13.3. The number of halogens is 2. The Labute approximate surface area is 129 Å². The van der Waals surface area contributed by atoms with Crippen molar-refractivity contribution >= 4 is 53.2 Å². The van der Waals surface area contributed by atoms with E-state index in [1.807, 2.05) is 6.92 Å². The van der Waals surface area contributed by atoms with E-state index in [0.29, 0.717) is 9.72 Å². The largest absolute Gasteiger partial charge is 0.241 e. The number of rotatable bonds is 3. The highest BCUT2D eigenvalue weighted by molar-refractivity contribution is 9.11. The molecule has 3 nitrogen and oxygen atoms in total. The van der Waals surface area contributed by atoms with E-state index in [2.05, 4.69) is 36.6 Å². The van der Waals surface area contributed by atoms with Crippen LogP contribution in [0.3, 0.4) is 0 Å². The third-order valence-electron chi connectivity index (χ3n) is 3.11. The quantitative estimate of drug-likeness (QED) is 0.761. The zero-order valence-electron chi connectivity index (χ0n) is 9.95. The maximum atomic E-state index is 12.3. The number of sulfonamides is 1. The summed E-state index contributed by atoms with van der Waals surface area (Å²) in [6.07, 6.45) is 3.86. The van der Waals surface area contributed by atoms with Gasteiger partial charge < -0.3 is 0 Å². The van der Waals surface area contributed by atoms with Crippen molar-refractivity contribution in [3.05, 3.63) is 14.7 Å².